The number of hydrogen-bond acceptors (Lipinski definition) is 3. The Morgan fingerprint density at radius 1 is 1.54 bits per heavy atom. The van der Waals surface area contributed by atoms with Gasteiger partial charge in [0.25, 0.3) is 0 Å². The Balaban J connectivity index is 2.72. The molecule has 0 spiro atoms. The summed E-state index contributed by atoms with van der Waals surface area (Å²) in [6, 6.07) is 0.133. The quantitative estimate of drug-likeness (QED) is 0.642. The van der Waals surface area contributed by atoms with Gasteiger partial charge < -0.3 is 4.74 Å². The first kappa shape index (κ1) is 10.2. The Bertz CT molecular complexity index is 231. The first-order valence-corrected chi connectivity index (χ1v) is 4.85. The second kappa shape index (κ2) is 4.40. The lowest BCUT2D eigenvalue weighted by atomic mass is 10.0. The largest absolute Gasteiger partial charge is 0.480 e. The smallest absolute Gasteiger partial charge is 0.209 e. The zero-order chi connectivity index (χ0) is 9.84. The van der Waals surface area contributed by atoms with E-state index in [9.17, 15) is 0 Å². The lowest BCUT2D eigenvalue weighted by Crippen LogP contribution is -2.32. The molecule has 0 bridgehead atoms. The van der Waals surface area contributed by atoms with Crippen molar-refractivity contribution < 1.29 is 4.74 Å². The van der Waals surface area contributed by atoms with Gasteiger partial charge in [-0.2, -0.15) is 0 Å². The fourth-order valence-corrected chi connectivity index (χ4v) is 1.33. The van der Waals surface area contributed by atoms with E-state index in [-0.39, 0.29) is 6.04 Å². The van der Waals surface area contributed by atoms with E-state index in [1.54, 1.807) is 0 Å². The fraction of sp³-hybridized carbons (Fsp3) is 0.800. The molecule has 0 fully saturated rings. The number of ether oxygens (including phenoxy) is 1. The predicted molar refractivity (Wildman–Crippen MR) is 55.7 cm³/mol. The molecule has 0 aromatic rings. The Morgan fingerprint density at radius 3 is 2.77 bits per heavy atom. The van der Waals surface area contributed by atoms with Crippen LogP contribution in [0.3, 0.4) is 0 Å². The highest BCUT2D eigenvalue weighted by atomic mass is 16.5. The first-order chi connectivity index (χ1) is 6.15. The first-order valence-electron chi connectivity index (χ1n) is 4.85. The van der Waals surface area contributed by atoms with Crippen molar-refractivity contribution >= 4 is 11.6 Å². The summed E-state index contributed by atoms with van der Waals surface area (Å²) in [5.41, 5.74) is 1.10. The standard InChI is InChI=1S/C10H18N2O/c1-5-13-10-9(7(2)3)12-8(4)6-11-10/h7,9H,5-6H2,1-4H3/t9-/m1/s1. The van der Waals surface area contributed by atoms with Gasteiger partial charge in [-0.1, -0.05) is 13.8 Å². The molecule has 1 aliphatic heterocycles. The zero-order valence-corrected chi connectivity index (χ0v) is 8.87. The van der Waals surface area contributed by atoms with Gasteiger partial charge in [-0.3, -0.25) is 4.99 Å². The molecule has 0 unspecified atom stereocenters. The maximum Gasteiger partial charge on any atom is 0.209 e. The summed E-state index contributed by atoms with van der Waals surface area (Å²) in [7, 11) is 0. The molecule has 1 aliphatic rings. The minimum Gasteiger partial charge on any atom is -0.480 e. The van der Waals surface area contributed by atoms with Crippen molar-refractivity contribution in [3.05, 3.63) is 0 Å². The van der Waals surface area contributed by atoms with Gasteiger partial charge in [-0.15, -0.1) is 0 Å². The highest BCUT2D eigenvalue weighted by molar-refractivity contribution is 5.94. The lowest BCUT2D eigenvalue weighted by molar-refractivity contribution is 0.299. The van der Waals surface area contributed by atoms with Crippen LogP contribution in [-0.2, 0) is 4.74 Å². The zero-order valence-electron chi connectivity index (χ0n) is 8.87. The average molecular weight is 182 g/mol. The van der Waals surface area contributed by atoms with E-state index < -0.39 is 0 Å². The van der Waals surface area contributed by atoms with Crippen molar-refractivity contribution in [2.24, 2.45) is 15.9 Å². The molecule has 0 saturated heterocycles. The minimum absolute atomic E-state index is 0.133. The van der Waals surface area contributed by atoms with Crippen LogP contribution in [-0.4, -0.2) is 30.8 Å². The molecule has 1 heterocycles. The number of nitrogens with zero attached hydrogens (tertiary/aromatic N) is 2. The fourth-order valence-electron chi connectivity index (χ4n) is 1.33. The topological polar surface area (TPSA) is 34.0 Å². The number of rotatable bonds is 2. The molecule has 0 aromatic heterocycles. The van der Waals surface area contributed by atoms with Gasteiger partial charge in [0.15, 0.2) is 0 Å². The minimum atomic E-state index is 0.133. The summed E-state index contributed by atoms with van der Waals surface area (Å²) in [6.07, 6.45) is 0. The molecule has 1 atom stereocenters. The molecule has 0 N–H and O–H groups in total. The van der Waals surface area contributed by atoms with Crippen LogP contribution in [0.5, 0.6) is 0 Å². The van der Waals surface area contributed by atoms with Gasteiger partial charge in [0, 0.05) is 5.71 Å². The van der Waals surface area contributed by atoms with Crippen molar-refractivity contribution in [1.82, 2.24) is 0 Å². The molecule has 3 heteroatoms. The number of aliphatic imine (C=N–C) groups is 2. The van der Waals surface area contributed by atoms with Crippen LogP contribution in [0.4, 0.5) is 0 Å². The summed E-state index contributed by atoms with van der Waals surface area (Å²) in [5.74, 6) is 1.27. The van der Waals surface area contributed by atoms with E-state index in [2.05, 4.69) is 23.8 Å². The maximum atomic E-state index is 5.45. The average Bonchev–Trinajstić information content (AvgIpc) is 2.08. The van der Waals surface area contributed by atoms with Crippen LogP contribution in [0.25, 0.3) is 0 Å². The van der Waals surface area contributed by atoms with Crippen molar-refractivity contribution in [2.75, 3.05) is 13.2 Å². The highest BCUT2D eigenvalue weighted by Gasteiger charge is 2.23. The molecule has 74 valence electrons. The molecule has 0 radical (unpaired) electrons. The summed E-state index contributed by atoms with van der Waals surface area (Å²) >= 11 is 0. The van der Waals surface area contributed by atoms with Crippen molar-refractivity contribution in [3.8, 4) is 0 Å². The van der Waals surface area contributed by atoms with E-state index in [1.807, 2.05) is 13.8 Å². The molecule has 13 heavy (non-hydrogen) atoms. The van der Waals surface area contributed by atoms with Crippen molar-refractivity contribution in [3.63, 3.8) is 0 Å². The lowest BCUT2D eigenvalue weighted by Gasteiger charge is -2.22. The SMILES string of the molecule is CCOC1=NCC(C)=N[C@@H]1C(C)C. The van der Waals surface area contributed by atoms with Gasteiger partial charge in [0.05, 0.1) is 13.2 Å². The molecule has 3 nitrogen and oxygen atoms in total. The Kier molecular flexibility index (Phi) is 3.46. The van der Waals surface area contributed by atoms with Gasteiger partial charge in [0.1, 0.15) is 6.04 Å². The molecule has 0 aliphatic carbocycles. The summed E-state index contributed by atoms with van der Waals surface area (Å²) in [5, 5.41) is 0. The van der Waals surface area contributed by atoms with Crippen molar-refractivity contribution in [1.29, 1.82) is 0 Å². The van der Waals surface area contributed by atoms with Crippen LogP contribution < -0.4 is 0 Å². The Morgan fingerprint density at radius 2 is 2.23 bits per heavy atom. The third-order valence-electron chi connectivity index (χ3n) is 2.00. The molecule has 0 amide bonds. The van der Waals surface area contributed by atoms with Crippen LogP contribution in [0, 0.1) is 5.92 Å². The maximum absolute atomic E-state index is 5.45. The Labute approximate surface area is 79.9 Å². The summed E-state index contributed by atoms with van der Waals surface area (Å²) in [6.45, 7) is 9.64. The monoisotopic (exact) mass is 182 g/mol. The second-order valence-corrected chi connectivity index (χ2v) is 3.64. The van der Waals surface area contributed by atoms with Gasteiger partial charge in [0.2, 0.25) is 5.90 Å². The van der Waals surface area contributed by atoms with Crippen molar-refractivity contribution in [2.45, 2.75) is 33.7 Å². The molecule has 1 rings (SSSR count). The van der Waals surface area contributed by atoms with Crippen LogP contribution >= 0.6 is 0 Å². The van der Waals surface area contributed by atoms with Crippen LogP contribution in [0.1, 0.15) is 27.7 Å². The highest BCUT2D eigenvalue weighted by Crippen LogP contribution is 2.13. The Hall–Kier alpha value is -0.860. The van der Waals surface area contributed by atoms with Gasteiger partial charge in [-0.25, -0.2) is 4.99 Å². The molecule has 0 aromatic carbocycles. The van der Waals surface area contributed by atoms with E-state index in [4.69, 9.17) is 4.74 Å². The second-order valence-electron chi connectivity index (χ2n) is 3.64. The molecule has 0 saturated carbocycles. The predicted octanol–water partition coefficient (Wildman–Crippen LogP) is 1.92. The normalized spacial score (nSPS) is 22.7. The summed E-state index contributed by atoms with van der Waals surface area (Å²) in [4.78, 5) is 8.91. The van der Waals surface area contributed by atoms with E-state index >= 15 is 0 Å². The van der Waals surface area contributed by atoms with Crippen LogP contribution in [0.15, 0.2) is 9.98 Å². The van der Waals surface area contributed by atoms with E-state index in [0.717, 1.165) is 11.6 Å². The molecular formula is C10H18N2O. The van der Waals surface area contributed by atoms with E-state index in [0.29, 0.717) is 19.1 Å². The van der Waals surface area contributed by atoms with E-state index in [1.165, 1.54) is 0 Å². The van der Waals surface area contributed by atoms with Gasteiger partial charge in [-0.05, 0) is 19.8 Å². The number of hydrogen-bond donors (Lipinski definition) is 0. The molecular weight excluding hydrogens is 164 g/mol. The third kappa shape index (κ3) is 2.54. The summed E-state index contributed by atoms with van der Waals surface area (Å²) < 4.78 is 5.45. The van der Waals surface area contributed by atoms with Gasteiger partial charge >= 0.3 is 0 Å². The van der Waals surface area contributed by atoms with Crippen LogP contribution in [0.2, 0.25) is 0 Å². The third-order valence-corrected chi connectivity index (χ3v) is 2.00.